The van der Waals surface area contributed by atoms with E-state index in [4.69, 9.17) is 5.73 Å². The minimum absolute atomic E-state index is 0.0772. The van der Waals surface area contributed by atoms with E-state index in [-0.39, 0.29) is 18.0 Å². The van der Waals surface area contributed by atoms with Gasteiger partial charge in [0.25, 0.3) is 0 Å². The van der Waals surface area contributed by atoms with Crippen molar-refractivity contribution in [2.75, 3.05) is 6.54 Å². The van der Waals surface area contributed by atoms with E-state index in [9.17, 15) is 9.18 Å². The average molecular weight is 249 g/mol. The van der Waals surface area contributed by atoms with Crippen molar-refractivity contribution in [3.8, 4) is 0 Å². The summed E-state index contributed by atoms with van der Waals surface area (Å²) in [5.41, 5.74) is 6.56. The topological polar surface area (TPSA) is 43.1 Å². The van der Waals surface area contributed by atoms with Crippen LogP contribution in [-0.4, -0.2) is 12.3 Å². The molecule has 0 saturated heterocycles. The van der Waals surface area contributed by atoms with Crippen molar-refractivity contribution in [3.05, 3.63) is 35.1 Å². The Morgan fingerprint density at radius 2 is 2.00 bits per heavy atom. The zero-order valence-corrected chi connectivity index (χ0v) is 10.6. The average Bonchev–Trinajstić information content (AvgIpc) is 2.40. The molecule has 0 bridgehead atoms. The standard InChI is InChI=1S/C15H20FNO/c16-14-10-12(15(18)8-9-17)6-7-13(14)11-4-2-1-3-5-11/h6-7,10-11H,1-5,8-9,17H2. The van der Waals surface area contributed by atoms with Crippen LogP contribution in [0.3, 0.4) is 0 Å². The van der Waals surface area contributed by atoms with Crippen LogP contribution in [0, 0.1) is 5.82 Å². The summed E-state index contributed by atoms with van der Waals surface area (Å²) in [7, 11) is 0. The largest absolute Gasteiger partial charge is 0.330 e. The Morgan fingerprint density at radius 1 is 1.28 bits per heavy atom. The number of hydrogen-bond acceptors (Lipinski definition) is 2. The highest BCUT2D eigenvalue weighted by Gasteiger charge is 2.19. The molecule has 0 radical (unpaired) electrons. The van der Waals surface area contributed by atoms with Crippen LogP contribution < -0.4 is 5.73 Å². The quantitative estimate of drug-likeness (QED) is 0.831. The zero-order chi connectivity index (χ0) is 13.0. The molecule has 1 aromatic rings. The number of ketones is 1. The minimum atomic E-state index is -0.232. The van der Waals surface area contributed by atoms with Crippen molar-refractivity contribution in [1.82, 2.24) is 0 Å². The molecule has 0 atom stereocenters. The summed E-state index contributed by atoms with van der Waals surface area (Å²) in [6.45, 7) is 0.310. The lowest BCUT2D eigenvalue weighted by Gasteiger charge is -2.22. The molecule has 0 aliphatic heterocycles. The first-order chi connectivity index (χ1) is 8.72. The van der Waals surface area contributed by atoms with Crippen LogP contribution in [0.1, 0.15) is 60.4 Å². The molecule has 1 aliphatic carbocycles. The normalized spacial score (nSPS) is 16.8. The van der Waals surface area contributed by atoms with Gasteiger partial charge in [0.05, 0.1) is 0 Å². The Morgan fingerprint density at radius 3 is 2.61 bits per heavy atom. The number of Topliss-reactive ketones (excluding diaryl/α,β-unsaturated/α-hetero) is 1. The monoisotopic (exact) mass is 249 g/mol. The Kier molecular flexibility index (Phi) is 4.48. The Hall–Kier alpha value is -1.22. The molecule has 98 valence electrons. The van der Waals surface area contributed by atoms with Gasteiger partial charge in [-0.3, -0.25) is 4.79 Å². The van der Waals surface area contributed by atoms with Crippen molar-refractivity contribution in [2.24, 2.45) is 5.73 Å². The van der Waals surface area contributed by atoms with Crippen LogP contribution in [0.2, 0.25) is 0 Å². The van der Waals surface area contributed by atoms with Gasteiger partial charge in [0.1, 0.15) is 5.82 Å². The fourth-order valence-electron chi connectivity index (χ4n) is 2.72. The van der Waals surface area contributed by atoms with Crippen LogP contribution in [-0.2, 0) is 0 Å². The third-order valence-electron chi connectivity index (χ3n) is 3.74. The smallest absolute Gasteiger partial charge is 0.164 e. The zero-order valence-electron chi connectivity index (χ0n) is 10.6. The van der Waals surface area contributed by atoms with Crippen LogP contribution in [0.4, 0.5) is 4.39 Å². The summed E-state index contributed by atoms with van der Waals surface area (Å²) in [5, 5.41) is 0. The van der Waals surface area contributed by atoms with Gasteiger partial charge in [0.2, 0.25) is 0 Å². The summed E-state index contributed by atoms with van der Waals surface area (Å²) < 4.78 is 14.1. The molecule has 2 rings (SSSR count). The fraction of sp³-hybridized carbons (Fsp3) is 0.533. The maximum absolute atomic E-state index is 14.1. The van der Waals surface area contributed by atoms with E-state index in [0.29, 0.717) is 18.0 Å². The van der Waals surface area contributed by atoms with E-state index in [1.54, 1.807) is 12.1 Å². The van der Waals surface area contributed by atoms with Crippen molar-refractivity contribution >= 4 is 5.78 Å². The Labute approximate surface area is 107 Å². The van der Waals surface area contributed by atoms with Gasteiger partial charge in [-0.05, 0) is 36.9 Å². The highest BCUT2D eigenvalue weighted by molar-refractivity contribution is 5.96. The number of benzene rings is 1. The van der Waals surface area contributed by atoms with Gasteiger partial charge in [-0.25, -0.2) is 4.39 Å². The predicted octanol–water partition coefficient (Wildman–Crippen LogP) is 3.40. The molecular formula is C15H20FNO. The first-order valence-corrected chi connectivity index (χ1v) is 6.75. The van der Waals surface area contributed by atoms with Gasteiger partial charge in [-0.1, -0.05) is 31.4 Å². The molecule has 1 saturated carbocycles. The lowest BCUT2D eigenvalue weighted by atomic mass is 9.83. The molecule has 2 nitrogen and oxygen atoms in total. The number of rotatable bonds is 4. The molecule has 1 aliphatic rings. The number of halogens is 1. The molecule has 1 aromatic carbocycles. The van der Waals surface area contributed by atoms with Crippen LogP contribution in [0.25, 0.3) is 0 Å². The lowest BCUT2D eigenvalue weighted by molar-refractivity contribution is 0.0985. The van der Waals surface area contributed by atoms with Crippen molar-refractivity contribution in [1.29, 1.82) is 0 Å². The van der Waals surface area contributed by atoms with Gasteiger partial charge in [0.15, 0.2) is 5.78 Å². The molecule has 2 N–H and O–H groups in total. The molecule has 0 spiro atoms. The number of nitrogens with two attached hydrogens (primary N) is 1. The van der Waals surface area contributed by atoms with E-state index in [1.807, 2.05) is 0 Å². The summed E-state index contributed by atoms with van der Waals surface area (Å²) in [4.78, 5) is 11.6. The first kappa shape index (κ1) is 13.2. The third-order valence-corrected chi connectivity index (χ3v) is 3.74. The molecule has 3 heteroatoms. The van der Waals surface area contributed by atoms with Crippen molar-refractivity contribution in [2.45, 2.75) is 44.4 Å². The lowest BCUT2D eigenvalue weighted by Crippen LogP contribution is -2.10. The maximum atomic E-state index is 14.1. The highest BCUT2D eigenvalue weighted by atomic mass is 19.1. The van der Waals surface area contributed by atoms with Crippen molar-refractivity contribution < 1.29 is 9.18 Å². The van der Waals surface area contributed by atoms with Gasteiger partial charge < -0.3 is 5.73 Å². The van der Waals surface area contributed by atoms with E-state index >= 15 is 0 Å². The summed E-state index contributed by atoms with van der Waals surface area (Å²) in [5.74, 6) is 0.0220. The molecular weight excluding hydrogens is 229 g/mol. The fourth-order valence-corrected chi connectivity index (χ4v) is 2.72. The van der Waals surface area contributed by atoms with E-state index in [0.717, 1.165) is 18.4 Å². The van der Waals surface area contributed by atoms with Crippen LogP contribution in [0.5, 0.6) is 0 Å². The number of hydrogen-bond donors (Lipinski definition) is 1. The number of carbonyl (C=O) groups excluding carboxylic acids is 1. The van der Waals surface area contributed by atoms with E-state index < -0.39 is 0 Å². The Balaban J connectivity index is 2.16. The predicted molar refractivity (Wildman–Crippen MR) is 70.2 cm³/mol. The van der Waals surface area contributed by atoms with Gasteiger partial charge in [-0.2, -0.15) is 0 Å². The molecule has 18 heavy (non-hydrogen) atoms. The molecule has 0 amide bonds. The van der Waals surface area contributed by atoms with Crippen LogP contribution in [0.15, 0.2) is 18.2 Å². The molecule has 1 fully saturated rings. The Bertz CT molecular complexity index is 425. The second kappa shape index (κ2) is 6.10. The number of carbonyl (C=O) groups is 1. The molecule has 0 unspecified atom stereocenters. The third kappa shape index (κ3) is 2.96. The first-order valence-electron chi connectivity index (χ1n) is 6.75. The van der Waals surface area contributed by atoms with Gasteiger partial charge >= 0.3 is 0 Å². The summed E-state index contributed by atoms with van der Waals surface area (Å²) >= 11 is 0. The summed E-state index contributed by atoms with van der Waals surface area (Å²) in [6, 6.07) is 4.90. The second-order valence-electron chi connectivity index (χ2n) is 5.03. The molecule has 0 aromatic heterocycles. The second-order valence-corrected chi connectivity index (χ2v) is 5.03. The maximum Gasteiger partial charge on any atom is 0.164 e. The van der Waals surface area contributed by atoms with Gasteiger partial charge in [-0.15, -0.1) is 0 Å². The summed E-state index contributed by atoms with van der Waals surface area (Å²) in [6.07, 6.45) is 6.02. The SMILES string of the molecule is NCCC(=O)c1ccc(C2CCCCC2)c(F)c1. The highest BCUT2D eigenvalue weighted by Crippen LogP contribution is 2.34. The van der Waals surface area contributed by atoms with Crippen molar-refractivity contribution in [3.63, 3.8) is 0 Å². The van der Waals surface area contributed by atoms with Crippen LogP contribution >= 0.6 is 0 Å². The van der Waals surface area contributed by atoms with E-state index in [1.165, 1.54) is 25.3 Å². The minimum Gasteiger partial charge on any atom is -0.330 e. The van der Waals surface area contributed by atoms with E-state index in [2.05, 4.69) is 0 Å². The van der Waals surface area contributed by atoms with Gasteiger partial charge in [0, 0.05) is 12.0 Å². The molecule has 0 heterocycles.